The van der Waals surface area contributed by atoms with Crippen molar-refractivity contribution in [2.45, 2.75) is 20.5 Å². The first-order valence-corrected chi connectivity index (χ1v) is 4.67. The summed E-state index contributed by atoms with van der Waals surface area (Å²) in [6, 6.07) is 4.07. The Bertz CT molecular complexity index is 485. The Kier molecular flexibility index (Phi) is 2.04. The van der Waals surface area contributed by atoms with Crippen LogP contribution >= 0.6 is 0 Å². The van der Waals surface area contributed by atoms with E-state index in [-0.39, 0.29) is 6.61 Å². The quantitative estimate of drug-likeness (QED) is 0.743. The lowest BCUT2D eigenvalue weighted by atomic mass is 10.1. The number of aliphatic hydroxyl groups excluding tert-OH is 1. The van der Waals surface area contributed by atoms with Gasteiger partial charge in [-0.2, -0.15) is 0 Å². The predicted molar refractivity (Wildman–Crippen MR) is 56.1 cm³/mol. The molecule has 0 bridgehead atoms. The van der Waals surface area contributed by atoms with E-state index in [0.29, 0.717) is 0 Å². The van der Waals surface area contributed by atoms with Gasteiger partial charge in [-0.05, 0) is 25.5 Å². The summed E-state index contributed by atoms with van der Waals surface area (Å²) in [5, 5.41) is 9.21. The predicted octanol–water partition coefficient (Wildman–Crippen LogP) is 1.68. The molecular weight excluding hydrogens is 176 g/mol. The summed E-state index contributed by atoms with van der Waals surface area (Å²) in [6.07, 6.45) is 0. The summed E-state index contributed by atoms with van der Waals surface area (Å²) in [5.41, 5.74) is 4.07. The molecule has 0 amide bonds. The van der Waals surface area contributed by atoms with Gasteiger partial charge in [-0.15, -0.1) is 0 Å². The number of benzene rings is 1. The fourth-order valence-electron chi connectivity index (χ4n) is 1.75. The van der Waals surface area contributed by atoms with E-state index in [4.69, 9.17) is 0 Å². The highest BCUT2D eigenvalue weighted by molar-refractivity contribution is 5.80. The van der Waals surface area contributed by atoms with Crippen LogP contribution in [0.1, 0.15) is 17.0 Å². The lowest BCUT2D eigenvalue weighted by Gasteiger charge is -2.01. The Hall–Kier alpha value is -1.35. The van der Waals surface area contributed by atoms with Gasteiger partial charge in [0.25, 0.3) is 0 Å². The van der Waals surface area contributed by atoms with E-state index >= 15 is 0 Å². The van der Waals surface area contributed by atoms with E-state index < -0.39 is 0 Å². The van der Waals surface area contributed by atoms with Crippen LogP contribution in [-0.2, 0) is 13.7 Å². The number of nitrogens with zero attached hydrogens (tertiary/aromatic N) is 2. The zero-order valence-electron chi connectivity index (χ0n) is 8.70. The van der Waals surface area contributed by atoms with Gasteiger partial charge >= 0.3 is 0 Å². The highest BCUT2D eigenvalue weighted by Gasteiger charge is 2.08. The smallest absolute Gasteiger partial charge is 0.106 e. The summed E-state index contributed by atoms with van der Waals surface area (Å²) < 4.78 is 2.04. The van der Waals surface area contributed by atoms with Gasteiger partial charge in [-0.25, -0.2) is 4.98 Å². The van der Waals surface area contributed by atoms with E-state index in [1.54, 1.807) is 0 Å². The SMILES string of the molecule is Cc1cc(CO)c2nc(C)n(C)c2c1. The molecule has 0 spiro atoms. The lowest BCUT2D eigenvalue weighted by molar-refractivity contribution is 0.283. The fourth-order valence-corrected chi connectivity index (χ4v) is 1.75. The van der Waals surface area contributed by atoms with Crippen LogP contribution in [0.2, 0.25) is 0 Å². The molecule has 0 saturated carbocycles. The van der Waals surface area contributed by atoms with Crippen molar-refractivity contribution in [3.05, 3.63) is 29.1 Å². The van der Waals surface area contributed by atoms with Gasteiger partial charge in [0.15, 0.2) is 0 Å². The maximum atomic E-state index is 9.21. The molecule has 2 aromatic rings. The van der Waals surface area contributed by atoms with Crippen LogP contribution in [0, 0.1) is 13.8 Å². The minimum absolute atomic E-state index is 0.0502. The normalized spacial score (nSPS) is 11.1. The molecule has 0 atom stereocenters. The van der Waals surface area contributed by atoms with Gasteiger partial charge < -0.3 is 9.67 Å². The van der Waals surface area contributed by atoms with Crippen molar-refractivity contribution >= 4 is 11.0 Å². The van der Waals surface area contributed by atoms with E-state index in [0.717, 1.165) is 28.0 Å². The zero-order chi connectivity index (χ0) is 10.3. The van der Waals surface area contributed by atoms with Gasteiger partial charge in [0, 0.05) is 12.6 Å². The number of hydrogen-bond acceptors (Lipinski definition) is 2. The number of fused-ring (bicyclic) bond motifs is 1. The molecule has 0 radical (unpaired) electrons. The Morgan fingerprint density at radius 3 is 2.71 bits per heavy atom. The Balaban J connectivity index is 2.87. The number of aryl methyl sites for hydroxylation is 3. The van der Waals surface area contributed by atoms with Gasteiger partial charge in [-0.3, -0.25) is 0 Å². The topological polar surface area (TPSA) is 38.1 Å². The van der Waals surface area contributed by atoms with Crippen LogP contribution in [0.3, 0.4) is 0 Å². The monoisotopic (exact) mass is 190 g/mol. The molecule has 0 aliphatic heterocycles. The lowest BCUT2D eigenvalue weighted by Crippen LogP contribution is -1.91. The third kappa shape index (κ3) is 1.21. The third-order valence-electron chi connectivity index (χ3n) is 2.60. The average Bonchev–Trinajstić information content (AvgIpc) is 2.43. The largest absolute Gasteiger partial charge is 0.392 e. The van der Waals surface area contributed by atoms with Gasteiger partial charge in [0.2, 0.25) is 0 Å². The van der Waals surface area contributed by atoms with Crippen molar-refractivity contribution in [1.29, 1.82) is 0 Å². The molecule has 0 saturated heterocycles. The molecular formula is C11H14N2O. The molecule has 74 valence electrons. The van der Waals surface area contributed by atoms with E-state index in [9.17, 15) is 5.11 Å². The molecule has 1 aromatic carbocycles. The molecule has 3 heteroatoms. The van der Waals surface area contributed by atoms with Gasteiger partial charge in [-0.1, -0.05) is 6.07 Å². The fraction of sp³-hybridized carbons (Fsp3) is 0.364. The van der Waals surface area contributed by atoms with Crippen LogP contribution in [0.25, 0.3) is 11.0 Å². The molecule has 1 aromatic heterocycles. The van der Waals surface area contributed by atoms with Crippen molar-refractivity contribution in [3.63, 3.8) is 0 Å². The third-order valence-corrected chi connectivity index (χ3v) is 2.60. The number of aromatic nitrogens is 2. The minimum Gasteiger partial charge on any atom is -0.392 e. The first-order valence-electron chi connectivity index (χ1n) is 4.67. The molecule has 0 unspecified atom stereocenters. The minimum atomic E-state index is 0.0502. The molecule has 0 fully saturated rings. The molecule has 0 aliphatic rings. The number of imidazole rings is 1. The van der Waals surface area contributed by atoms with E-state index in [1.165, 1.54) is 0 Å². The Morgan fingerprint density at radius 1 is 1.36 bits per heavy atom. The van der Waals surface area contributed by atoms with E-state index in [2.05, 4.69) is 11.1 Å². The first kappa shape index (κ1) is 9.21. The van der Waals surface area contributed by atoms with Crippen LogP contribution in [0.4, 0.5) is 0 Å². The number of hydrogen-bond donors (Lipinski definition) is 1. The zero-order valence-corrected chi connectivity index (χ0v) is 8.70. The van der Waals surface area contributed by atoms with Crippen molar-refractivity contribution in [2.75, 3.05) is 0 Å². The molecule has 1 heterocycles. The first-order chi connectivity index (χ1) is 6.63. The van der Waals surface area contributed by atoms with Crippen LogP contribution in [-0.4, -0.2) is 14.7 Å². The summed E-state index contributed by atoms with van der Waals surface area (Å²) in [7, 11) is 1.99. The van der Waals surface area contributed by atoms with Crippen LogP contribution in [0.15, 0.2) is 12.1 Å². The number of aliphatic hydroxyl groups is 1. The van der Waals surface area contributed by atoms with Crippen molar-refractivity contribution in [3.8, 4) is 0 Å². The second-order valence-electron chi connectivity index (χ2n) is 3.67. The van der Waals surface area contributed by atoms with Crippen LogP contribution < -0.4 is 0 Å². The highest BCUT2D eigenvalue weighted by Crippen LogP contribution is 2.20. The molecule has 14 heavy (non-hydrogen) atoms. The number of rotatable bonds is 1. The molecule has 1 N–H and O–H groups in total. The molecule has 3 nitrogen and oxygen atoms in total. The van der Waals surface area contributed by atoms with Crippen molar-refractivity contribution in [1.82, 2.24) is 9.55 Å². The molecule has 2 rings (SSSR count). The maximum Gasteiger partial charge on any atom is 0.106 e. The summed E-state index contributed by atoms with van der Waals surface area (Å²) in [6.45, 7) is 4.05. The second kappa shape index (κ2) is 3.10. The van der Waals surface area contributed by atoms with Gasteiger partial charge in [0.05, 0.1) is 17.6 Å². The Labute approximate surface area is 83.0 Å². The van der Waals surface area contributed by atoms with Crippen molar-refractivity contribution < 1.29 is 5.11 Å². The average molecular weight is 190 g/mol. The van der Waals surface area contributed by atoms with E-state index in [1.807, 2.05) is 31.5 Å². The Morgan fingerprint density at radius 2 is 2.07 bits per heavy atom. The summed E-state index contributed by atoms with van der Waals surface area (Å²) in [5.74, 6) is 0.973. The standard InChI is InChI=1S/C11H14N2O/c1-7-4-9(6-14)11-10(5-7)13(3)8(2)12-11/h4-5,14H,6H2,1-3H3. The summed E-state index contributed by atoms with van der Waals surface area (Å²) in [4.78, 5) is 4.43. The van der Waals surface area contributed by atoms with Crippen LogP contribution in [0.5, 0.6) is 0 Å². The summed E-state index contributed by atoms with van der Waals surface area (Å²) >= 11 is 0. The highest BCUT2D eigenvalue weighted by atomic mass is 16.3. The van der Waals surface area contributed by atoms with Crippen molar-refractivity contribution in [2.24, 2.45) is 7.05 Å². The van der Waals surface area contributed by atoms with Gasteiger partial charge in [0.1, 0.15) is 5.82 Å². The maximum absolute atomic E-state index is 9.21. The molecule has 0 aliphatic carbocycles. The second-order valence-corrected chi connectivity index (χ2v) is 3.67.